The largest absolute Gasteiger partial charge is 0.469 e. The lowest BCUT2D eigenvalue weighted by atomic mass is 9.96. The molecule has 1 atom stereocenters. The molecule has 1 aromatic heterocycles. The second kappa shape index (κ2) is 5.04. The van der Waals surface area contributed by atoms with E-state index in [9.17, 15) is 9.59 Å². The molecule has 0 aliphatic heterocycles. The van der Waals surface area contributed by atoms with Crippen molar-refractivity contribution in [1.29, 1.82) is 0 Å². The van der Waals surface area contributed by atoms with Crippen molar-refractivity contribution in [3.63, 3.8) is 0 Å². The highest BCUT2D eigenvalue weighted by Gasteiger charge is 2.24. The normalized spacial score (nSPS) is 12.3. The number of esters is 1. The van der Waals surface area contributed by atoms with Crippen molar-refractivity contribution in [2.45, 2.75) is 12.3 Å². The second-order valence-electron chi connectivity index (χ2n) is 4.19. The van der Waals surface area contributed by atoms with E-state index in [-0.39, 0.29) is 12.4 Å². The summed E-state index contributed by atoms with van der Waals surface area (Å²) in [6, 6.07) is 7.79. The lowest BCUT2D eigenvalue weighted by molar-refractivity contribution is -0.143. The fourth-order valence-electron chi connectivity index (χ4n) is 2.24. The van der Waals surface area contributed by atoms with Gasteiger partial charge in [-0.1, -0.05) is 18.2 Å². The summed E-state index contributed by atoms with van der Waals surface area (Å²) in [7, 11) is 3.26. The number of aromatic nitrogens is 1. The number of para-hydroxylation sites is 1. The Morgan fingerprint density at radius 3 is 2.83 bits per heavy atom. The molecule has 0 aliphatic carbocycles. The molecule has 18 heavy (non-hydrogen) atoms. The molecule has 1 heterocycles. The van der Waals surface area contributed by atoms with E-state index in [1.54, 1.807) is 0 Å². The maximum atomic E-state index is 11.8. The lowest BCUT2D eigenvalue weighted by Crippen LogP contribution is -2.14. The van der Waals surface area contributed by atoms with Crippen LogP contribution in [0.1, 0.15) is 17.9 Å². The molecule has 4 heteroatoms. The van der Waals surface area contributed by atoms with Crippen molar-refractivity contribution >= 4 is 23.2 Å². The molecule has 2 aromatic rings. The number of methoxy groups -OCH3 is 1. The number of hydrogen-bond donors (Lipinski definition) is 0. The highest BCUT2D eigenvalue weighted by molar-refractivity contribution is 5.91. The van der Waals surface area contributed by atoms with Gasteiger partial charge >= 0.3 is 5.97 Å². The van der Waals surface area contributed by atoms with Crippen LogP contribution >= 0.6 is 0 Å². The van der Waals surface area contributed by atoms with Gasteiger partial charge < -0.3 is 14.1 Å². The number of ether oxygens (including phenoxy) is 1. The summed E-state index contributed by atoms with van der Waals surface area (Å²) in [6.07, 6.45) is 2.78. The highest BCUT2D eigenvalue weighted by atomic mass is 16.5. The molecule has 0 unspecified atom stereocenters. The van der Waals surface area contributed by atoms with Crippen LogP contribution in [0.2, 0.25) is 0 Å². The predicted molar refractivity (Wildman–Crippen MR) is 68.4 cm³/mol. The average molecular weight is 245 g/mol. The van der Waals surface area contributed by atoms with E-state index in [0.717, 1.165) is 22.8 Å². The van der Waals surface area contributed by atoms with E-state index in [0.29, 0.717) is 0 Å². The number of carbonyl (C=O) groups is 2. The van der Waals surface area contributed by atoms with Crippen LogP contribution in [-0.4, -0.2) is 23.9 Å². The predicted octanol–water partition coefficient (Wildman–Crippen LogP) is 2.02. The molecule has 0 amide bonds. The number of nitrogens with zero attached hydrogens (tertiary/aromatic N) is 1. The molecule has 0 fully saturated rings. The quantitative estimate of drug-likeness (QED) is 0.611. The first-order chi connectivity index (χ1) is 8.69. The van der Waals surface area contributed by atoms with E-state index in [4.69, 9.17) is 4.74 Å². The number of fused-ring (bicyclic) bond motifs is 1. The molecule has 2 rings (SSSR count). The van der Waals surface area contributed by atoms with Gasteiger partial charge in [0.15, 0.2) is 0 Å². The molecule has 94 valence electrons. The van der Waals surface area contributed by atoms with Crippen LogP contribution in [0.3, 0.4) is 0 Å². The fraction of sp³-hybridized carbons (Fsp3) is 0.286. The van der Waals surface area contributed by atoms with Gasteiger partial charge in [-0.2, -0.15) is 0 Å². The highest BCUT2D eigenvalue weighted by Crippen LogP contribution is 2.29. The Kier molecular flexibility index (Phi) is 3.46. The van der Waals surface area contributed by atoms with E-state index in [1.807, 2.05) is 42.1 Å². The van der Waals surface area contributed by atoms with E-state index in [1.165, 1.54) is 7.11 Å². The average Bonchev–Trinajstić information content (AvgIpc) is 2.73. The third-order valence-electron chi connectivity index (χ3n) is 3.12. The molecule has 0 aliphatic rings. The van der Waals surface area contributed by atoms with Crippen molar-refractivity contribution in [2.75, 3.05) is 7.11 Å². The molecule has 0 bridgehead atoms. The Morgan fingerprint density at radius 2 is 2.17 bits per heavy atom. The Labute approximate surface area is 105 Å². The van der Waals surface area contributed by atoms with Crippen LogP contribution in [0.5, 0.6) is 0 Å². The summed E-state index contributed by atoms with van der Waals surface area (Å²) in [6.45, 7) is 0. The zero-order chi connectivity index (χ0) is 13.1. The molecular weight excluding hydrogens is 230 g/mol. The van der Waals surface area contributed by atoms with Crippen LogP contribution in [-0.2, 0) is 21.4 Å². The van der Waals surface area contributed by atoms with Crippen LogP contribution in [0, 0.1) is 0 Å². The number of benzene rings is 1. The Hall–Kier alpha value is -2.10. The first-order valence-electron chi connectivity index (χ1n) is 5.74. The van der Waals surface area contributed by atoms with Gasteiger partial charge in [-0.05, 0) is 11.6 Å². The number of hydrogen-bond acceptors (Lipinski definition) is 3. The number of carbonyl (C=O) groups excluding carboxylic acids is 2. The topological polar surface area (TPSA) is 48.3 Å². The minimum absolute atomic E-state index is 0.140. The monoisotopic (exact) mass is 245 g/mol. The standard InChI is InChI=1S/C14H15NO3/c1-15-9-12(10-5-3-4-6-13(10)15)11(7-8-16)14(17)18-2/h3-6,8-9,11H,7H2,1-2H3/t11-/m1/s1. The van der Waals surface area contributed by atoms with Gasteiger partial charge in [-0.25, -0.2) is 0 Å². The second-order valence-corrected chi connectivity index (χ2v) is 4.19. The summed E-state index contributed by atoms with van der Waals surface area (Å²) < 4.78 is 6.72. The summed E-state index contributed by atoms with van der Waals surface area (Å²) in [4.78, 5) is 22.5. The summed E-state index contributed by atoms with van der Waals surface area (Å²) >= 11 is 0. The van der Waals surface area contributed by atoms with Gasteiger partial charge in [0.25, 0.3) is 0 Å². The van der Waals surface area contributed by atoms with Crippen LogP contribution in [0.4, 0.5) is 0 Å². The minimum atomic E-state index is -0.529. The van der Waals surface area contributed by atoms with Gasteiger partial charge in [0.2, 0.25) is 0 Å². The van der Waals surface area contributed by atoms with Crippen LogP contribution in [0.25, 0.3) is 10.9 Å². The van der Waals surface area contributed by atoms with Crippen LogP contribution < -0.4 is 0 Å². The van der Waals surface area contributed by atoms with Crippen molar-refractivity contribution in [3.8, 4) is 0 Å². The van der Waals surface area contributed by atoms with Crippen molar-refractivity contribution in [3.05, 3.63) is 36.0 Å². The summed E-state index contributed by atoms with van der Waals surface area (Å²) in [5.74, 6) is -0.906. The van der Waals surface area contributed by atoms with Gasteiger partial charge in [-0.15, -0.1) is 0 Å². The van der Waals surface area contributed by atoms with Gasteiger partial charge in [0, 0.05) is 30.6 Å². The zero-order valence-corrected chi connectivity index (χ0v) is 10.4. The third kappa shape index (κ3) is 2.01. The summed E-state index contributed by atoms with van der Waals surface area (Å²) in [5.41, 5.74) is 1.87. The number of rotatable bonds is 4. The number of aldehydes is 1. The molecule has 0 N–H and O–H groups in total. The minimum Gasteiger partial charge on any atom is -0.469 e. The molecular formula is C14H15NO3. The molecule has 0 radical (unpaired) electrons. The molecule has 0 saturated heterocycles. The lowest BCUT2D eigenvalue weighted by Gasteiger charge is -2.10. The Bertz CT molecular complexity index is 586. The van der Waals surface area contributed by atoms with Crippen LogP contribution in [0.15, 0.2) is 30.5 Å². The van der Waals surface area contributed by atoms with Crippen molar-refractivity contribution < 1.29 is 14.3 Å². The maximum Gasteiger partial charge on any atom is 0.313 e. The van der Waals surface area contributed by atoms with Gasteiger partial charge in [0.1, 0.15) is 6.29 Å². The molecule has 1 aromatic carbocycles. The molecule has 0 spiro atoms. The van der Waals surface area contributed by atoms with Crippen molar-refractivity contribution in [2.24, 2.45) is 7.05 Å². The van der Waals surface area contributed by atoms with E-state index < -0.39 is 5.92 Å². The maximum absolute atomic E-state index is 11.8. The SMILES string of the molecule is COC(=O)[C@H](CC=O)c1cn(C)c2ccccc12. The molecule has 4 nitrogen and oxygen atoms in total. The first kappa shape index (κ1) is 12.4. The summed E-state index contributed by atoms with van der Waals surface area (Å²) in [5, 5.41) is 0.984. The first-order valence-corrected chi connectivity index (χ1v) is 5.74. The zero-order valence-electron chi connectivity index (χ0n) is 10.4. The molecule has 0 saturated carbocycles. The van der Waals surface area contributed by atoms with Crippen molar-refractivity contribution in [1.82, 2.24) is 4.57 Å². The van der Waals surface area contributed by atoms with E-state index >= 15 is 0 Å². The Balaban J connectivity index is 2.57. The number of aryl methyl sites for hydroxylation is 1. The third-order valence-corrected chi connectivity index (χ3v) is 3.12. The fourth-order valence-corrected chi connectivity index (χ4v) is 2.24. The smallest absolute Gasteiger partial charge is 0.313 e. The van der Waals surface area contributed by atoms with Gasteiger partial charge in [0.05, 0.1) is 13.0 Å². The van der Waals surface area contributed by atoms with E-state index in [2.05, 4.69) is 0 Å². The van der Waals surface area contributed by atoms with Gasteiger partial charge in [-0.3, -0.25) is 4.79 Å². The Morgan fingerprint density at radius 1 is 1.44 bits per heavy atom.